The molecule has 0 heterocycles. The summed E-state index contributed by atoms with van der Waals surface area (Å²) in [7, 11) is 0. The molecule has 0 aromatic heterocycles. The van der Waals surface area contributed by atoms with E-state index in [2.05, 4.69) is 6.07 Å². The lowest BCUT2D eigenvalue weighted by molar-refractivity contribution is -0.118. The molecule has 0 radical (unpaired) electrons. The minimum absolute atomic E-state index is 0.0563. The van der Waals surface area contributed by atoms with E-state index in [9.17, 15) is 4.79 Å². The van der Waals surface area contributed by atoms with Crippen LogP contribution in [0, 0.1) is 18.3 Å². The SMILES string of the molecule is CCC(=O)N(CCC#N)c1cccc(C)c1. The normalized spacial score (nSPS) is 9.56. The number of rotatable bonds is 4. The molecule has 0 aliphatic heterocycles. The van der Waals surface area contributed by atoms with E-state index < -0.39 is 0 Å². The molecule has 1 aromatic carbocycles. The van der Waals surface area contributed by atoms with E-state index in [0.717, 1.165) is 11.3 Å². The average molecular weight is 216 g/mol. The number of nitrogens with zero attached hydrogens (tertiary/aromatic N) is 2. The summed E-state index contributed by atoms with van der Waals surface area (Å²) in [5.41, 5.74) is 1.99. The molecule has 0 N–H and O–H groups in total. The maximum Gasteiger partial charge on any atom is 0.226 e. The van der Waals surface area contributed by atoms with Crippen molar-refractivity contribution in [3.8, 4) is 6.07 Å². The lowest BCUT2D eigenvalue weighted by Crippen LogP contribution is -2.31. The Kier molecular flexibility index (Phi) is 4.53. The van der Waals surface area contributed by atoms with E-state index in [1.54, 1.807) is 4.90 Å². The van der Waals surface area contributed by atoms with Gasteiger partial charge in [-0.25, -0.2) is 0 Å². The zero-order valence-electron chi connectivity index (χ0n) is 9.73. The first-order valence-electron chi connectivity index (χ1n) is 5.43. The first-order chi connectivity index (χ1) is 7.69. The zero-order valence-corrected chi connectivity index (χ0v) is 9.73. The first kappa shape index (κ1) is 12.3. The maximum atomic E-state index is 11.7. The lowest BCUT2D eigenvalue weighted by Gasteiger charge is -2.21. The van der Waals surface area contributed by atoms with Crippen LogP contribution in [0.2, 0.25) is 0 Å². The number of carbonyl (C=O) groups is 1. The third kappa shape index (κ3) is 3.09. The molecule has 0 unspecified atom stereocenters. The third-order valence-corrected chi connectivity index (χ3v) is 2.36. The van der Waals surface area contributed by atoms with Crippen molar-refractivity contribution in [2.45, 2.75) is 26.7 Å². The number of amides is 1. The van der Waals surface area contributed by atoms with Gasteiger partial charge < -0.3 is 4.90 Å². The van der Waals surface area contributed by atoms with Gasteiger partial charge in [0.05, 0.1) is 12.5 Å². The average Bonchev–Trinajstić information content (AvgIpc) is 2.29. The Bertz CT molecular complexity index is 407. The minimum atomic E-state index is 0.0563. The Morgan fingerprint density at radius 2 is 2.25 bits per heavy atom. The van der Waals surface area contributed by atoms with Crippen LogP contribution in [-0.2, 0) is 4.79 Å². The van der Waals surface area contributed by atoms with Gasteiger partial charge in [0.2, 0.25) is 5.91 Å². The Balaban J connectivity index is 2.92. The molecule has 0 saturated carbocycles. The van der Waals surface area contributed by atoms with Gasteiger partial charge in [-0.05, 0) is 24.6 Å². The number of anilines is 1. The molecule has 3 heteroatoms. The van der Waals surface area contributed by atoms with Gasteiger partial charge in [0.15, 0.2) is 0 Å². The van der Waals surface area contributed by atoms with Crippen LogP contribution >= 0.6 is 0 Å². The highest BCUT2D eigenvalue weighted by molar-refractivity contribution is 5.93. The van der Waals surface area contributed by atoms with E-state index in [4.69, 9.17) is 5.26 Å². The largest absolute Gasteiger partial charge is 0.311 e. The van der Waals surface area contributed by atoms with Crippen molar-refractivity contribution in [1.29, 1.82) is 5.26 Å². The number of nitriles is 1. The molecule has 0 atom stereocenters. The highest BCUT2D eigenvalue weighted by Crippen LogP contribution is 2.17. The van der Waals surface area contributed by atoms with E-state index in [0.29, 0.717) is 19.4 Å². The summed E-state index contributed by atoms with van der Waals surface area (Å²) in [5.74, 6) is 0.0563. The van der Waals surface area contributed by atoms with Crippen LogP contribution < -0.4 is 4.90 Å². The number of hydrogen-bond acceptors (Lipinski definition) is 2. The van der Waals surface area contributed by atoms with Crippen LogP contribution in [0.15, 0.2) is 24.3 Å². The third-order valence-electron chi connectivity index (χ3n) is 2.36. The molecule has 1 aromatic rings. The van der Waals surface area contributed by atoms with Crippen molar-refractivity contribution in [2.24, 2.45) is 0 Å². The molecule has 0 spiro atoms. The second-order valence-electron chi connectivity index (χ2n) is 3.65. The van der Waals surface area contributed by atoms with Crippen molar-refractivity contribution in [1.82, 2.24) is 0 Å². The summed E-state index contributed by atoms with van der Waals surface area (Å²) in [4.78, 5) is 13.4. The first-order valence-corrected chi connectivity index (χ1v) is 5.43. The minimum Gasteiger partial charge on any atom is -0.311 e. The van der Waals surface area contributed by atoms with Crippen molar-refractivity contribution < 1.29 is 4.79 Å². The molecule has 0 saturated heterocycles. The molecule has 1 rings (SSSR count). The summed E-state index contributed by atoms with van der Waals surface area (Å²) >= 11 is 0. The molecular formula is C13H16N2O. The highest BCUT2D eigenvalue weighted by atomic mass is 16.2. The van der Waals surface area contributed by atoms with Crippen molar-refractivity contribution in [3.05, 3.63) is 29.8 Å². The molecule has 3 nitrogen and oxygen atoms in total. The van der Waals surface area contributed by atoms with Crippen LogP contribution in [0.3, 0.4) is 0 Å². The quantitative estimate of drug-likeness (QED) is 0.776. The van der Waals surface area contributed by atoms with E-state index >= 15 is 0 Å². The van der Waals surface area contributed by atoms with Gasteiger partial charge in [0, 0.05) is 18.7 Å². The highest BCUT2D eigenvalue weighted by Gasteiger charge is 2.13. The Morgan fingerprint density at radius 1 is 1.50 bits per heavy atom. The van der Waals surface area contributed by atoms with Crippen molar-refractivity contribution in [3.63, 3.8) is 0 Å². The van der Waals surface area contributed by atoms with Gasteiger partial charge in [-0.3, -0.25) is 4.79 Å². The van der Waals surface area contributed by atoms with Crippen molar-refractivity contribution in [2.75, 3.05) is 11.4 Å². The molecule has 1 amide bonds. The second kappa shape index (κ2) is 5.92. The predicted molar refractivity (Wildman–Crippen MR) is 64.1 cm³/mol. The Hall–Kier alpha value is -1.82. The summed E-state index contributed by atoms with van der Waals surface area (Å²) in [5, 5.41) is 8.58. The van der Waals surface area contributed by atoms with Crippen LogP contribution in [0.4, 0.5) is 5.69 Å². The fourth-order valence-electron chi connectivity index (χ4n) is 1.55. The van der Waals surface area contributed by atoms with E-state index in [1.165, 1.54) is 0 Å². The Labute approximate surface area is 96.3 Å². The topological polar surface area (TPSA) is 44.1 Å². The molecule has 16 heavy (non-hydrogen) atoms. The van der Waals surface area contributed by atoms with E-state index in [1.807, 2.05) is 38.1 Å². The molecule has 0 aliphatic carbocycles. The van der Waals surface area contributed by atoms with Gasteiger partial charge in [0.25, 0.3) is 0 Å². The van der Waals surface area contributed by atoms with Gasteiger partial charge >= 0.3 is 0 Å². The fourth-order valence-corrected chi connectivity index (χ4v) is 1.55. The van der Waals surface area contributed by atoms with Crippen LogP contribution in [-0.4, -0.2) is 12.5 Å². The summed E-state index contributed by atoms with van der Waals surface area (Å²) in [6.07, 6.45) is 0.819. The van der Waals surface area contributed by atoms with Crippen LogP contribution in [0.5, 0.6) is 0 Å². The summed E-state index contributed by atoms with van der Waals surface area (Å²) in [6, 6.07) is 9.84. The standard InChI is InChI=1S/C13H16N2O/c1-3-13(16)15(9-5-8-14)12-7-4-6-11(2)10-12/h4,6-7,10H,3,5,9H2,1-2H3. The van der Waals surface area contributed by atoms with Gasteiger partial charge in [0.1, 0.15) is 0 Å². The fraction of sp³-hybridized carbons (Fsp3) is 0.385. The number of carbonyl (C=O) groups excluding carboxylic acids is 1. The predicted octanol–water partition coefficient (Wildman–Crippen LogP) is 2.65. The maximum absolute atomic E-state index is 11.7. The van der Waals surface area contributed by atoms with Crippen LogP contribution in [0.25, 0.3) is 0 Å². The number of aryl methyl sites for hydroxylation is 1. The molecule has 0 aliphatic rings. The molecule has 0 bridgehead atoms. The van der Waals surface area contributed by atoms with E-state index in [-0.39, 0.29) is 5.91 Å². The van der Waals surface area contributed by atoms with Crippen LogP contribution in [0.1, 0.15) is 25.3 Å². The van der Waals surface area contributed by atoms with Gasteiger partial charge in [-0.2, -0.15) is 5.26 Å². The second-order valence-corrected chi connectivity index (χ2v) is 3.65. The summed E-state index contributed by atoms with van der Waals surface area (Å²) in [6.45, 7) is 4.28. The molecule has 0 fully saturated rings. The van der Waals surface area contributed by atoms with Crippen molar-refractivity contribution >= 4 is 11.6 Å². The smallest absolute Gasteiger partial charge is 0.226 e. The number of hydrogen-bond donors (Lipinski definition) is 0. The summed E-state index contributed by atoms with van der Waals surface area (Å²) < 4.78 is 0. The molecule has 84 valence electrons. The zero-order chi connectivity index (χ0) is 12.0. The number of benzene rings is 1. The van der Waals surface area contributed by atoms with Gasteiger partial charge in [-0.15, -0.1) is 0 Å². The Morgan fingerprint density at radius 3 is 2.81 bits per heavy atom. The molecular weight excluding hydrogens is 200 g/mol. The monoisotopic (exact) mass is 216 g/mol. The lowest BCUT2D eigenvalue weighted by atomic mass is 10.2. The van der Waals surface area contributed by atoms with Gasteiger partial charge in [-0.1, -0.05) is 19.1 Å².